The van der Waals surface area contributed by atoms with Crippen molar-refractivity contribution in [3.63, 3.8) is 0 Å². The molecule has 0 aromatic heterocycles. The number of nitrogens with zero attached hydrogens (tertiary/aromatic N) is 1. The Morgan fingerprint density at radius 1 is 1.44 bits per heavy atom. The van der Waals surface area contributed by atoms with Gasteiger partial charge in [0.1, 0.15) is 0 Å². The Labute approximate surface area is 96.2 Å². The average Bonchev–Trinajstić information content (AvgIpc) is 2.35. The van der Waals surface area contributed by atoms with E-state index in [0.29, 0.717) is 12.3 Å². The van der Waals surface area contributed by atoms with Crippen molar-refractivity contribution in [2.45, 2.75) is 32.6 Å². The van der Waals surface area contributed by atoms with E-state index in [4.69, 9.17) is 15.2 Å². The molecule has 0 amide bonds. The summed E-state index contributed by atoms with van der Waals surface area (Å²) >= 11 is 0. The van der Waals surface area contributed by atoms with Crippen molar-refractivity contribution >= 4 is 0 Å². The normalized spacial score (nSPS) is 22.4. The molecule has 4 heteroatoms. The molecule has 0 atom stereocenters. The lowest BCUT2D eigenvalue weighted by molar-refractivity contribution is 0.152. The standard InChI is InChI=1S/C12H18N2O2/c1-9(7-13)10-5-3-4-6-11(10)12(14-15)8-16-2/h14-15H,3-6,8H2,1-2H3/b10-9+,12-11-. The lowest BCUT2D eigenvalue weighted by Gasteiger charge is -2.22. The summed E-state index contributed by atoms with van der Waals surface area (Å²) in [5.74, 6) is 0. The topological polar surface area (TPSA) is 65.3 Å². The van der Waals surface area contributed by atoms with Crippen LogP contribution in [0.2, 0.25) is 0 Å². The molecule has 1 fully saturated rings. The molecule has 1 aliphatic carbocycles. The van der Waals surface area contributed by atoms with E-state index >= 15 is 0 Å². The molecule has 0 unspecified atom stereocenters. The fourth-order valence-corrected chi connectivity index (χ4v) is 2.05. The number of hydrogen-bond donors (Lipinski definition) is 2. The van der Waals surface area contributed by atoms with Gasteiger partial charge in [-0.05, 0) is 43.8 Å². The molecule has 1 aliphatic rings. The maximum absolute atomic E-state index is 9.09. The van der Waals surface area contributed by atoms with E-state index in [1.165, 1.54) is 0 Å². The predicted octanol–water partition coefficient (Wildman–Crippen LogP) is 2.28. The van der Waals surface area contributed by atoms with Gasteiger partial charge in [-0.25, -0.2) is 0 Å². The van der Waals surface area contributed by atoms with Crippen molar-refractivity contribution in [2.75, 3.05) is 13.7 Å². The second kappa shape index (κ2) is 6.31. The van der Waals surface area contributed by atoms with Crippen LogP contribution >= 0.6 is 0 Å². The summed E-state index contributed by atoms with van der Waals surface area (Å²) < 4.78 is 5.02. The van der Waals surface area contributed by atoms with E-state index in [0.717, 1.165) is 42.4 Å². The fraction of sp³-hybridized carbons (Fsp3) is 0.583. The van der Waals surface area contributed by atoms with E-state index in [-0.39, 0.29) is 0 Å². The largest absolute Gasteiger partial charge is 0.378 e. The van der Waals surface area contributed by atoms with Crippen LogP contribution in [0.4, 0.5) is 0 Å². The van der Waals surface area contributed by atoms with Crippen LogP contribution in [0, 0.1) is 11.3 Å². The molecule has 1 saturated carbocycles. The molecule has 0 bridgehead atoms. The van der Waals surface area contributed by atoms with Gasteiger partial charge in [0.25, 0.3) is 0 Å². The summed E-state index contributed by atoms with van der Waals surface area (Å²) in [7, 11) is 1.58. The highest BCUT2D eigenvalue weighted by Crippen LogP contribution is 2.32. The van der Waals surface area contributed by atoms with Gasteiger partial charge in [0.15, 0.2) is 0 Å². The molecule has 2 N–H and O–H groups in total. The van der Waals surface area contributed by atoms with E-state index in [2.05, 4.69) is 11.5 Å². The molecule has 16 heavy (non-hydrogen) atoms. The monoisotopic (exact) mass is 222 g/mol. The van der Waals surface area contributed by atoms with Gasteiger partial charge in [-0.15, -0.1) is 0 Å². The second-order valence-electron chi connectivity index (χ2n) is 3.92. The number of methoxy groups -OCH3 is 1. The second-order valence-corrected chi connectivity index (χ2v) is 3.92. The number of nitrogens with one attached hydrogen (secondary N) is 1. The number of hydroxylamine groups is 1. The molecule has 0 heterocycles. The quantitative estimate of drug-likeness (QED) is 0.568. The molecule has 1 rings (SSSR count). The molecular weight excluding hydrogens is 204 g/mol. The van der Waals surface area contributed by atoms with Crippen LogP contribution < -0.4 is 5.48 Å². The van der Waals surface area contributed by atoms with Crippen molar-refractivity contribution in [3.05, 3.63) is 22.4 Å². The minimum atomic E-state index is 0.341. The molecule has 0 aromatic carbocycles. The maximum Gasteiger partial charge on any atom is 0.0947 e. The first-order chi connectivity index (χ1) is 7.74. The number of nitriles is 1. The van der Waals surface area contributed by atoms with Crippen LogP contribution in [0.1, 0.15) is 32.6 Å². The Kier molecular flexibility index (Phi) is 5.03. The van der Waals surface area contributed by atoms with E-state index in [9.17, 15) is 0 Å². The zero-order valence-corrected chi connectivity index (χ0v) is 9.84. The van der Waals surface area contributed by atoms with Gasteiger partial charge >= 0.3 is 0 Å². The van der Waals surface area contributed by atoms with Crippen LogP contribution in [0.15, 0.2) is 22.4 Å². The third-order valence-corrected chi connectivity index (χ3v) is 2.88. The average molecular weight is 222 g/mol. The molecule has 4 nitrogen and oxygen atoms in total. The van der Waals surface area contributed by atoms with Gasteiger partial charge in [0, 0.05) is 12.7 Å². The highest BCUT2D eigenvalue weighted by atomic mass is 16.5. The van der Waals surface area contributed by atoms with Crippen LogP contribution in [0.3, 0.4) is 0 Å². The Morgan fingerprint density at radius 3 is 2.56 bits per heavy atom. The lowest BCUT2D eigenvalue weighted by Crippen LogP contribution is -2.18. The van der Waals surface area contributed by atoms with Crippen molar-refractivity contribution in [1.82, 2.24) is 5.48 Å². The molecule has 0 spiro atoms. The smallest absolute Gasteiger partial charge is 0.0947 e. The first-order valence-corrected chi connectivity index (χ1v) is 5.45. The number of ether oxygens (including phenoxy) is 1. The minimum Gasteiger partial charge on any atom is -0.378 e. The lowest BCUT2D eigenvalue weighted by atomic mass is 9.85. The van der Waals surface area contributed by atoms with Crippen LogP contribution in [-0.2, 0) is 4.74 Å². The van der Waals surface area contributed by atoms with Gasteiger partial charge < -0.3 is 4.74 Å². The van der Waals surface area contributed by atoms with Gasteiger partial charge in [-0.3, -0.25) is 10.7 Å². The fourth-order valence-electron chi connectivity index (χ4n) is 2.05. The Balaban J connectivity index is 3.11. The van der Waals surface area contributed by atoms with Crippen LogP contribution in [0.25, 0.3) is 0 Å². The van der Waals surface area contributed by atoms with E-state index in [1.54, 1.807) is 7.11 Å². The van der Waals surface area contributed by atoms with Crippen molar-refractivity contribution in [3.8, 4) is 6.07 Å². The van der Waals surface area contributed by atoms with Crippen molar-refractivity contribution in [2.24, 2.45) is 0 Å². The Bertz CT molecular complexity index is 351. The Morgan fingerprint density at radius 2 is 2.06 bits per heavy atom. The number of rotatable bonds is 3. The number of hydrogen-bond acceptors (Lipinski definition) is 4. The van der Waals surface area contributed by atoms with Gasteiger partial charge in [-0.1, -0.05) is 0 Å². The van der Waals surface area contributed by atoms with Gasteiger partial charge in [0.05, 0.1) is 18.4 Å². The highest BCUT2D eigenvalue weighted by Gasteiger charge is 2.18. The summed E-state index contributed by atoms with van der Waals surface area (Å²) in [4.78, 5) is 0. The maximum atomic E-state index is 9.09. The number of allylic oxidation sites excluding steroid dienone is 3. The van der Waals surface area contributed by atoms with Crippen LogP contribution in [0.5, 0.6) is 0 Å². The van der Waals surface area contributed by atoms with E-state index in [1.807, 2.05) is 6.92 Å². The summed E-state index contributed by atoms with van der Waals surface area (Å²) in [6.07, 6.45) is 3.99. The zero-order valence-electron chi connectivity index (χ0n) is 9.84. The molecule has 0 saturated heterocycles. The highest BCUT2D eigenvalue weighted by molar-refractivity contribution is 5.43. The summed E-state index contributed by atoms with van der Waals surface area (Å²) in [5.41, 5.74) is 5.69. The molecular formula is C12H18N2O2. The first-order valence-electron chi connectivity index (χ1n) is 5.45. The van der Waals surface area contributed by atoms with Gasteiger partial charge in [0.2, 0.25) is 0 Å². The minimum absolute atomic E-state index is 0.341. The predicted molar refractivity (Wildman–Crippen MR) is 60.6 cm³/mol. The van der Waals surface area contributed by atoms with E-state index < -0.39 is 0 Å². The molecule has 0 aromatic rings. The third kappa shape index (κ3) is 2.84. The SMILES string of the molecule is COC/C(NO)=C1\CCCC\C1=C(\C)C#N. The van der Waals surface area contributed by atoms with Crippen LogP contribution in [-0.4, -0.2) is 18.9 Å². The summed E-state index contributed by atoms with van der Waals surface area (Å²) in [6.45, 7) is 2.16. The molecule has 88 valence electrons. The first kappa shape index (κ1) is 12.8. The van der Waals surface area contributed by atoms with Crippen molar-refractivity contribution < 1.29 is 9.94 Å². The Hall–Kier alpha value is -1.31. The summed E-state index contributed by atoms with van der Waals surface area (Å²) in [5, 5.41) is 18.0. The summed E-state index contributed by atoms with van der Waals surface area (Å²) in [6, 6.07) is 2.18. The third-order valence-electron chi connectivity index (χ3n) is 2.88. The molecule has 0 aliphatic heterocycles. The van der Waals surface area contributed by atoms with Gasteiger partial charge in [-0.2, -0.15) is 5.26 Å². The zero-order chi connectivity index (χ0) is 12.0. The molecule has 0 radical (unpaired) electrons. The van der Waals surface area contributed by atoms with Crippen molar-refractivity contribution in [1.29, 1.82) is 5.26 Å².